The topological polar surface area (TPSA) is 87.1 Å². The molecule has 0 aliphatic carbocycles. The number of amides is 2. The van der Waals surface area contributed by atoms with Gasteiger partial charge in [-0.05, 0) is 25.2 Å². The van der Waals surface area contributed by atoms with Gasteiger partial charge < -0.3 is 10.4 Å². The van der Waals surface area contributed by atoms with Crippen molar-refractivity contribution < 1.29 is 9.90 Å². The summed E-state index contributed by atoms with van der Waals surface area (Å²) in [5.41, 5.74) is 0. The van der Waals surface area contributed by atoms with Gasteiger partial charge in [-0.15, -0.1) is 10.2 Å². The van der Waals surface area contributed by atoms with Crippen LogP contribution < -0.4 is 10.6 Å². The normalized spacial score (nSPS) is 12.2. The number of nitrogens with one attached hydrogen (secondary N) is 2. The van der Waals surface area contributed by atoms with E-state index in [1.165, 1.54) is 11.3 Å². The number of anilines is 1. The molecule has 6 nitrogen and oxygen atoms in total. The third kappa shape index (κ3) is 6.29. The van der Waals surface area contributed by atoms with Gasteiger partial charge in [0, 0.05) is 19.6 Å². The van der Waals surface area contributed by atoms with Crippen molar-refractivity contribution in [3.63, 3.8) is 0 Å². The fraction of sp³-hybridized carbons (Fsp3) is 0.769. The predicted octanol–water partition coefficient (Wildman–Crippen LogP) is 2.41. The summed E-state index contributed by atoms with van der Waals surface area (Å²) in [7, 11) is 0. The average Bonchev–Trinajstić information content (AvgIpc) is 2.84. The first-order valence-electron chi connectivity index (χ1n) is 7.17. The van der Waals surface area contributed by atoms with Gasteiger partial charge in [0.15, 0.2) is 0 Å². The third-order valence-electron chi connectivity index (χ3n) is 2.94. The Kier molecular flexibility index (Phi) is 8.13. The molecule has 0 spiro atoms. The SMILES string of the molecule is CCCc1nnc(NC(=O)NCC(CCC)CCO)s1. The standard InChI is InChI=1S/C13H24N4O2S/c1-3-5-10(7-8-18)9-14-12(19)15-13-17-16-11(20-13)6-4-2/h10,18H,3-9H2,1-2H3,(H2,14,15,17,19). The second-order valence-corrected chi connectivity index (χ2v) is 5.82. The van der Waals surface area contributed by atoms with E-state index in [0.717, 1.165) is 30.7 Å². The highest BCUT2D eigenvalue weighted by Gasteiger charge is 2.11. The smallest absolute Gasteiger partial charge is 0.321 e. The summed E-state index contributed by atoms with van der Waals surface area (Å²) in [5.74, 6) is 0.320. The number of nitrogens with zero attached hydrogens (tertiary/aromatic N) is 2. The first-order chi connectivity index (χ1) is 9.69. The number of hydrogen-bond acceptors (Lipinski definition) is 5. The van der Waals surface area contributed by atoms with E-state index in [2.05, 4.69) is 34.7 Å². The van der Waals surface area contributed by atoms with Gasteiger partial charge in [-0.1, -0.05) is 31.6 Å². The van der Waals surface area contributed by atoms with E-state index in [0.29, 0.717) is 24.0 Å². The minimum Gasteiger partial charge on any atom is -0.396 e. The van der Waals surface area contributed by atoms with Crippen molar-refractivity contribution in [2.24, 2.45) is 5.92 Å². The third-order valence-corrected chi connectivity index (χ3v) is 3.84. The summed E-state index contributed by atoms with van der Waals surface area (Å²) >= 11 is 1.41. The molecule has 0 aliphatic heterocycles. The monoisotopic (exact) mass is 300 g/mol. The molecule has 0 aliphatic rings. The molecule has 1 aromatic rings. The van der Waals surface area contributed by atoms with Crippen LogP contribution in [0.2, 0.25) is 0 Å². The molecular formula is C13H24N4O2S. The molecule has 0 fully saturated rings. The zero-order valence-corrected chi connectivity index (χ0v) is 13.0. The highest BCUT2D eigenvalue weighted by molar-refractivity contribution is 7.15. The number of hydrogen-bond donors (Lipinski definition) is 3. The van der Waals surface area contributed by atoms with Crippen molar-refractivity contribution in [2.75, 3.05) is 18.5 Å². The average molecular weight is 300 g/mol. The van der Waals surface area contributed by atoms with Gasteiger partial charge in [0.1, 0.15) is 5.01 Å². The zero-order chi connectivity index (χ0) is 14.8. The quantitative estimate of drug-likeness (QED) is 0.653. The second-order valence-electron chi connectivity index (χ2n) is 4.75. The molecular weight excluding hydrogens is 276 g/mol. The largest absolute Gasteiger partial charge is 0.396 e. The van der Waals surface area contributed by atoms with E-state index in [1.807, 2.05) is 0 Å². The van der Waals surface area contributed by atoms with Gasteiger partial charge in [-0.25, -0.2) is 4.79 Å². The van der Waals surface area contributed by atoms with Gasteiger partial charge in [0.25, 0.3) is 0 Å². The lowest BCUT2D eigenvalue weighted by Crippen LogP contribution is -2.33. The van der Waals surface area contributed by atoms with Crippen LogP contribution in [0, 0.1) is 5.92 Å². The van der Waals surface area contributed by atoms with Gasteiger partial charge in [-0.2, -0.15) is 0 Å². The Hall–Kier alpha value is -1.21. The molecule has 0 radical (unpaired) electrons. The number of aromatic nitrogens is 2. The van der Waals surface area contributed by atoms with Crippen LogP contribution >= 0.6 is 11.3 Å². The Balaban J connectivity index is 2.34. The summed E-state index contributed by atoms with van der Waals surface area (Å²) in [5, 5.41) is 23.9. The molecule has 114 valence electrons. The maximum Gasteiger partial charge on any atom is 0.321 e. The van der Waals surface area contributed by atoms with Crippen LogP contribution in [-0.2, 0) is 6.42 Å². The summed E-state index contributed by atoms with van der Waals surface area (Å²) in [6, 6.07) is -0.261. The number of carbonyl (C=O) groups is 1. The van der Waals surface area contributed by atoms with Crippen LogP contribution in [-0.4, -0.2) is 34.5 Å². The number of aliphatic hydroxyl groups excluding tert-OH is 1. The van der Waals surface area contributed by atoms with Gasteiger partial charge in [0.05, 0.1) is 0 Å². The van der Waals surface area contributed by atoms with Crippen molar-refractivity contribution in [3.8, 4) is 0 Å². The number of carbonyl (C=O) groups excluding carboxylic acids is 1. The van der Waals surface area contributed by atoms with Gasteiger partial charge >= 0.3 is 6.03 Å². The van der Waals surface area contributed by atoms with Crippen LogP contribution in [0.15, 0.2) is 0 Å². The molecule has 1 heterocycles. The predicted molar refractivity (Wildman–Crippen MR) is 81.0 cm³/mol. The molecule has 3 N–H and O–H groups in total. The molecule has 0 saturated carbocycles. The van der Waals surface area contributed by atoms with Crippen molar-refractivity contribution in [2.45, 2.75) is 46.0 Å². The van der Waals surface area contributed by atoms with Crippen LogP contribution in [0.4, 0.5) is 9.93 Å². The Morgan fingerprint density at radius 2 is 2.10 bits per heavy atom. The van der Waals surface area contributed by atoms with Gasteiger partial charge in [-0.3, -0.25) is 5.32 Å². The fourth-order valence-corrected chi connectivity index (χ4v) is 2.77. The molecule has 20 heavy (non-hydrogen) atoms. The van der Waals surface area contributed by atoms with Crippen LogP contribution in [0.1, 0.15) is 44.5 Å². The van der Waals surface area contributed by atoms with E-state index < -0.39 is 0 Å². The lowest BCUT2D eigenvalue weighted by atomic mass is 10.0. The number of aryl methyl sites for hydroxylation is 1. The molecule has 0 bridgehead atoms. The highest BCUT2D eigenvalue weighted by atomic mass is 32.1. The maximum atomic E-state index is 11.7. The van der Waals surface area contributed by atoms with E-state index in [4.69, 9.17) is 5.11 Å². The molecule has 7 heteroatoms. The molecule has 1 unspecified atom stereocenters. The van der Waals surface area contributed by atoms with E-state index in [9.17, 15) is 4.79 Å². The summed E-state index contributed by atoms with van der Waals surface area (Å²) in [6.45, 7) is 4.91. The highest BCUT2D eigenvalue weighted by Crippen LogP contribution is 2.16. The molecule has 0 aromatic carbocycles. The van der Waals surface area contributed by atoms with Crippen molar-refractivity contribution >= 4 is 22.5 Å². The molecule has 2 amide bonds. The van der Waals surface area contributed by atoms with Crippen LogP contribution in [0.25, 0.3) is 0 Å². The molecule has 1 rings (SSSR count). The Labute approximate surface area is 124 Å². The number of aliphatic hydroxyl groups is 1. The van der Waals surface area contributed by atoms with Crippen molar-refractivity contribution in [1.29, 1.82) is 0 Å². The minimum atomic E-state index is -0.261. The van der Waals surface area contributed by atoms with Gasteiger partial charge in [0.2, 0.25) is 5.13 Å². The Morgan fingerprint density at radius 3 is 2.75 bits per heavy atom. The Bertz CT molecular complexity index is 391. The minimum absolute atomic E-state index is 0.157. The molecule has 0 saturated heterocycles. The number of urea groups is 1. The zero-order valence-electron chi connectivity index (χ0n) is 12.2. The van der Waals surface area contributed by atoms with Crippen LogP contribution in [0.5, 0.6) is 0 Å². The van der Waals surface area contributed by atoms with E-state index >= 15 is 0 Å². The Morgan fingerprint density at radius 1 is 1.30 bits per heavy atom. The summed E-state index contributed by atoms with van der Waals surface area (Å²) in [4.78, 5) is 11.7. The van der Waals surface area contributed by atoms with Crippen molar-refractivity contribution in [3.05, 3.63) is 5.01 Å². The summed E-state index contributed by atoms with van der Waals surface area (Å²) < 4.78 is 0. The number of rotatable bonds is 9. The van der Waals surface area contributed by atoms with E-state index in [-0.39, 0.29) is 12.6 Å². The first-order valence-corrected chi connectivity index (χ1v) is 7.99. The lowest BCUT2D eigenvalue weighted by molar-refractivity contribution is 0.236. The first kappa shape index (κ1) is 16.8. The maximum absolute atomic E-state index is 11.7. The summed E-state index contributed by atoms with van der Waals surface area (Å²) in [6.07, 6.45) is 4.66. The molecule has 1 atom stereocenters. The lowest BCUT2D eigenvalue weighted by Gasteiger charge is -2.15. The molecule has 1 aromatic heterocycles. The van der Waals surface area contributed by atoms with E-state index in [1.54, 1.807) is 0 Å². The fourth-order valence-electron chi connectivity index (χ4n) is 1.94. The van der Waals surface area contributed by atoms with Crippen LogP contribution in [0.3, 0.4) is 0 Å². The second kappa shape index (κ2) is 9.66. The van der Waals surface area contributed by atoms with Crippen molar-refractivity contribution in [1.82, 2.24) is 15.5 Å².